The fourth-order valence-corrected chi connectivity index (χ4v) is 1.81. The Labute approximate surface area is 121 Å². The monoisotopic (exact) mass is 283 g/mol. The van der Waals surface area contributed by atoms with Gasteiger partial charge in [-0.05, 0) is 38.6 Å². The molecule has 0 bridgehead atoms. The second-order valence-corrected chi connectivity index (χ2v) is 4.63. The molecule has 20 heavy (non-hydrogen) atoms. The summed E-state index contributed by atoms with van der Waals surface area (Å²) >= 11 is 0. The van der Waals surface area contributed by atoms with Gasteiger partial charge in [-0.1, -0.05) is 0 Å². The van der Waals surface area contributed by atoms with Crippen LogP contribution < -0.4 is 19.5 Å². The fourth-order valence-electron chi connectivity index (χ4n) is 1.81. The van der Waals surface area contributed by atoms with Crippen molar-refractivity contribution in [3.05, 3.63) is 17.7 Å². The molecule has 0 atom stereocenters. The molecule has 0 saturated carbocycles. The smallest absolute Gasteiger partial charge is 0.203 e. The molecule has 0 radical (unpaired) electrons. The van der Waals surface area contributed by atoms with Crippen LogP contribution in [-0.2, 0) is 11.3 Å². The third-order valence-corrected chi connectivity index (χ3v) is 2.68. The van der Waals surface area contributed by atoms with Gasteiger partial charge in [-0.15, -0.1) is 0 Å². The zero-order valence-corrected chi connectivity index (χ0v) is 13.0. The third-order valence-electron chi connectivity index (χ3n) is 2.68. The number of ether oxygens (including phenoxy) is 4. The summed E-state index contributed by atoms with van der Waals surface area (Å²) in [5.74, 6) is 1.94. The van der Waals surface area contributed by atoms with Crippen LogP contribution in [0.1, 0.15) is 19.4 Å². The van der Waals surface area contributed by atoms with Crippen LogP contribution in [0.2, 0.25) is 0 Å². The van der Waals surface area contributed by atoms with Crippen molar-refractivity contribution in [2.45, 2.75) is 26.5 Å². The predicted octanol–water partition coefficient (Wildman–Crippen LogP) is 2.23. The first-order chi connectivity index (χ1) is 9.62. The van der Waals surface area contributed by atoms with Crippen LogP contribution in [0.25, 0.3) is 0 Å². The van der Waals surface area contributed by atoms with Gasteiger partial charge in [0.15, 0.2) is 11.5 Å². The van der Waals surface area contributed by atoms with Crippen molar-refractivity contribution in [2.24, 2.45) is 0 Å². The SMILES string of the molecule is CNCc1cc(OC)c(OCCOC(C)C)c(OC)c1. The van der Waals surface area contributed by atoms with Crippen LogP contribution in [0.3, 0.4) is 0 Å². The topological polar surface area (TPSA) is 49.0 Å². The molecule has 5 nitrogen and oxygen atoms in total. The Morgan fingerprint density at radius 2 is 1.65 bits per heavy atom. The largest absolute Gasteiger partial charge is 0.493 e. The summed E-state index contributed by atoms with van der Waals surface area (Å²) in [6, 6.07) is 3.88. The number of benzene rings is 1. The zero-order valence-electron chi connectivity index (χ0n) is 13.0. The minimum Gasteiger partial charge on any atom is -0.493 e. The van der Waals surface area contributed by atoms with Crippen molar-refractivity contribution >= 4 is 0 Å². The summed E-state index contributed by atoms with van der Waals surface area (Å²) in [6.45, 7) is 5.71. The highest BCUT2D eigenvalue weighted by atomic mass is 16.6. The molecule has 114 valence electrons. The molecule has 1 aromatic carbocycles. The number of nitrogens with one attached hydrogen (secondary N) is 1. The van der Waals surface area contributed by atoms with Crippen LogP contribution in [0.5, 0.6) is 17.2 Å². The Bertz CT molecular complexity index is 382. The van der Waals surface area contributed by atoms with E-state index in [1.165, 1.54) is 0 Å². The van der Waals surface area contributed by atoms with Crippen molar-refractivity contribution < 1.29 is 18.9 Å². The van der Waals surface area contributed by atoms with Gasteiger partial charge in [0, 0.05) is 6.54 Å². The molecule has 0 aliphatic heterocycles. The van der Waals surface area contributed by atoms with E-state index in [9.17, 15) is 0 Å². The molecule has 0 unspecified atom stereocenters. The van der Waals surface area contributed by atoms with Gasteiger partial charge in [0.1, 0.15) is 6.61 Å². The van der Waals surface area contributed by atoms with Crippen molar-refractivity contribution in [3.8, 4) is 17.2 Å². The van der Waals surface area contributed by atoms with E-state index in [1.807, 2.05) is 33.0 Å². The number of methoxy groups -OCH3 is 2. The highest BCUT2D eigenvalue weighted by Crippen LogP contribution is 2.38. The minimum absolute atomic E-state index is 0.195. The quantitative estimate of drug-likeness (QED) is 0.704. The first kappa shape index (κ1) is 16.6. The maximum atomic E-state index is 5.74. The predicted molar refractivity (Wildman–Crippen MR) is 78.9 cm³/mol. The van der Waals surface area contributed by atoms with Crippen molar-refractivity contribution in [1.29, 1.82) is 0 Å². The lowest BCUT2D eigenvalue weighted by Crippen LogP contribution is -2.12. The Morgan fingerprint density at radius 1 is 1.05 bits per heavy atom. The van der Waals surface area contributed by atoms with Crippen molar-refractivity contribution in [2.75, 3.05) is 34.5 Å². The molecule has 1 N–H and O–H groups in total. The summed E-state index contributed by atoms with van der Waals surface area (Å²) in [4.78, 5) is 0. The average Bonchev–Trinajstić information content (AvgIpc) is 2.43. The van der Waals surface area contributed by atoms with Crippen LogP contribution in [0.15, 0.2) is 12.1 Å². The Balaban J connectivity index is 2.81. The van der Waals surface area contributed by atoms with Crippen LogP contribution in [-0.4, -0.2) is 40.6 Å². The second-order valence-electron chi connectivity index (χ2n) is 4.63. The molecule has 0 heterocycles. The average molecular weight is 283 g/mol. The normalized spacial score (nSPS) is 10.7. The van der Waals surface area contributed by atoms with Crippen LogP contribution in [0, 0.1) is 0 Å². The molecule has 0 saturated heterocycles. The molecule has 0 spiro atoms. The third kappa shape index (κ3) is 4.90. The van der Waals surface area contributed by atoms with Gasteiger partial charge in [0.2, 0.25) is 5.75 Å². The molecule has 0 aliphatic rings. The summed E-state index contributed by atoms with van der Waals surface area (Å²) in [5, 5.41) is 3.10. The maximum Gasteiger partial charge on any atom is 0.203 e. The summed E-state index contributed by atoms with van der Waals surface area (Å²) in [7, 11) is 5.14. The maximum absolute atomic E-state index is 5.74. The highest BCUT2D eigenvalue weighted by molar-refractivity contribution is 5.53. The fraction of sp³-hybridized carbons (Fsp3) is 0.600. The zero-order chi connectivity index (χ0) is 15.0. The lowest BCUT2D eigenvalue weighted by molar-refractivity contribution is 0.0540. The summed E-state index contributed by atoms with van der Waals surface area (Å²) in [6.07, 6.45) is 0.195. The van der Waals surface area contributed by atoms with Gasteiger partial charge in [-0.3, -0.25) is 0 Å². The second kappa shape index (κ2) is 8.66. The van der Waals surface area contributed by atoms with Gasteiger partial charge in [-0.2, -0.15) is 0 Å². The molecule has 0 amide bonds. The molecule has 0 fully saturated rings. The summed E-state index contributed by atoms with van der Waals surface area (Å²) < 4.78 is 22.0. The molecular formula is C15H25NO4. The van der Waals surface area contributed by atoms with E-state index in [1.54, 1.807) is 14.2 Å². The van der Waals surface area contributed by atoms with Gasteiger partial charge >= 0.3 is 0 Å². The molecule has 5 heteroatoms. The van der Waals surface area contributed by atoms with Crippen LogP contribution >= 0.6 is 0 Å². The van der Waals surface area contributed by atoms with E-state index in [0.29, 0.717) is 30.5 Å². The lowest BCUT2D eigenvalue weighted by atomic mass is 10.2. The van der Waals surface area contributed by atoms with Gasteiger partial charge < -0.3 is 24.3 Å². The molecule has 1 rings (SSSR count). The number of hydrogen-bond acceptors (Lipinski definition) is 5. The summed E-state index contributed by atoms with van der Waals surface area (Å²) in [5.41, 5.74) is 1.08. The first-order valence-corrected chi connectivity index (χ1v) is 6.76. The highest BCUT2D eigenvalue weighted by Gasteiger charge is 2.14. The van der Waals surface area contributed by atoms with Gasteiger partial charge in [0.25, 0.3) is 0 Å². The Hall–Kier alpha value is -1.46. The Kier molecular flexibility index (Phi) is 7.18. The first-order valence-electron chi connectivity index (χ1n) is 6.76. The molecule has 1 aromatic rings. The van der Waals surface area contributed by atoms with Crippen LogP contribution in [0.4, 0.5) is 0 Å². The van der Waals surface area contributed by atoms with E-state index >= 15 is 0 Å². The van der Waals surface area contributed by atoms with Gasteiger partial charge in [-0.25, -0.2) is 0 Å². The number of rotatable bonds is 9. The van der Waals surface area contributed by atoms with E-state index < -0.39 is 0 Å². The number of hydrogen-bond donors (Lipinski definition) is 1. The molecule has 0 aromatic heterocycles. The minimum atomic E-state index is 0.195. The molecule has 0 aliphatic carbocycles. The van der Waals surface area contributed by atoms with Gasteiger partial charge in [0.05, 0.1) is 26.9 Å². The lowest BCUT2D eigenvalue weighted by Gasteiger charge is -2.16. The van der Waals surface area contributed by atoms with E-state index in [2.05, 4.69) is 5.32 Å². The standard InChI is InChI=1S/C15H25NO4/c1-11(2)19-6-7-20-15-13(17-4)8-12(10-16-3)9-14(15)18-5/h8-9,11,16H,6-7,10H2,1-5H3. The van der Waals surface area contributed by atoms with E-state index in [-0.39, 0.29) is 6.10 Å². The van der Waals surface area contributed by atoms with Crippen molar-refractivity contribution in [3.63, 3.8) is 0 Å². The van der Waals surface area contributed by atoms with E-state index in [4.69, 9.17) is 18.9 Å². The Morgan fingerprint density at radius 3 is 2.10 bits per heavy atom. The molecular weight excluding hydrogens is 258 g/mol. The van der Waals surface area contributed by atoms with E-state index in [0.717, 1.165) is 12.1 Å². The van der Waals surface area contributed by atoms with Crippen molar-refractivity contribution in [1.82, 2.24) is 5.32 Å².